The lowest BCUT2D eigenvalue weighted by molar-refractivity contribution is 1.08. The second-order valence-corrected chi connectivity index (χ2v) is 13.8. The molecule has 4 heterocycles. The van der Waals surface area contributed by atoms with E-state index in [1.165, 1.54) is 70.8 Å². The summed E-state index contributed by atoms with van der Waals surface area (Å²) in [7, 11) is 0. The van der Waals surface area contributed by atoms with Crippen molar-refractivity contribution in [3.8, 4) is 28.2 Å². The van der Waals surface area contributed by atoms with Gasteiger partial charge in [0.05, 0.1) is 38.6 Å². The summed E-state index contributed by atoms with van der Waals surface area (Å²) < 4.78 is 4.83. The highest BCUT2D eigenvalue weighted by Crippen LogP contribution is 2.46. The summed E-state index contributed by atoms with van der Waals surface area (Å²) in [6.45, 7) is 0. The molecule has 0 bridgehead atoms. The minimum absolute atomic E-state index is 0.824. The molecule has 12 aromatic rings. The van der Waals surface area contributed by atoms with Crippen molar-refractivity contribution >= 4 is 81.7 Å². The van der Waals surface area contributed by atoms with Gasteiger partial charge in [-0.15, -0.1) is 0 Å². The monoisotopic (exact) mass is 660 g/mol. The Morgan fingerprint density at radius 3 is 1.77 bits per heavy atom. The first-order valence-corrected chi connectivity index (χ1v) is 17.8. The van der Waals surface area contributed by atoms with E-state index in [1.807, 2.05) is 12.1 Å². The molecule has 0 aliphatic rings. The highest BCUT2D eigenvalue weighted by Gasteiger charge is 2.25. The number of nitrogens with zero attached hydrogens (tertiary/aromatic N) is 4. The van der Waals surface area contributed by atoms with Crippen LogP contribution in [-0.4, -0.2) is 18.9 Å². The zero-order chi connectivity index (χ0) is 33.9. The lowest BCUT2D eigenvalue weighted by atomic mass is 9.99. The van der Waals surface area contributed by atoms with E-state index in [0.29, 0.717) is 0 Å². The van der Waals surface area contributed by atoms with E-state index in [9.17, 15) is 0 Å². The fraction of sp³-hybridized carbons (Fsp3) is 0. The maximum atomic E-state index is 5.44. The minimum atomic E-state index is 0.824. The van der Waals surface area contributed by atoms with Gasteiger partial charge in [0.25, 0.3) is 0 Å². The first-order chi connectivity index (χ1) is 25.8. The van der Waals surface area contributed by atoms with E-state index in [-0.39, 0.29) is 0 Å². The predicted octanol–water partition coefficient (Wildman–Crippen LogP) is 12.4. The number of rotatable bonds is 3. The Hall–Kier alpha value is -7.04. The molecule has 0 aliphatic heterocycles. The van der Waals surface area contributed by atoms with Crippen LogP contribution in [0.2, 0.25) is 0 Å². The highest BCUT2D eigenvalue weighted by molar-refractivity contribution is 6.33. The van der Waals surface area contributed by atoms with Gasteiger partial charge >= 0.3 is 0 Å². The van der Waals surface area contributed by atoms with Gasteiger partial charge in [-0.1, -0.05) is 127 Å². The van der Waals surface area contributed by atoms with Gasteiger partial charge in [0, 0.05) is 32.5 Å². The maximum Gasteiger partial charge on any atom is 0.165 e. The number of para-hydroxylation sites is 4. The molecule has 0 atom stereocenters. The number of hydrogen-bond acceptors (Lipinski definition) is 2. The Bertz CT molecular complexity index is 3400. The third kappa shape index (κ3) is 3.70. The Morgan fingerprint density at radius 1 is 0.365 bits per heavy atom. The second kappa shape index (κ2) is 10.3. The van der Waals surface area contributed by atoms with Crippen molar-refractivity contribution in [1.29, 1.82) is 0 Å². The van der Waals surface area contributed by atoms with Crippen LogP contribution < -0.4 is 0 Å². The summed E-state index contributed by atoms with van der Waals surface area (Å²) in [6, 6.07) is 61.1. The molecule has 0 fully saturated rings. The van der Waals surface area contributed by atoms with Crippen molar-refractivity contribution in [2.45, 2.75) is 0 Å². The Balaban J connectivity index is 1.18. The third-order valence-electron chi connectivity index (χ3n) is 11.0. The summed E-state index contributed by atoms with van der Waals surface area (Å²) >= 11 is 0. The zero-order valence-corrected chi connectivity index (χ0v) is 28.0. The van der Waals surface area contributed by atoms with Crippen molar-refractivity contribution in [2.75, 3.05) is 0 Å². The van der Waals surface area contributed by atoms with Crippen LogP contribution in [0.3, 0.4) is 0 Å². The average Bonchev–Trinajstić information content (AvgIpc) is 3.69. The molecule has 12 rings (SSSR count). The molecule has 0 spiro atoms. The Labute approximate surface area is 297 Å². The number of aromatic nitrogens is 4. The van der Waals surface area contributed by atoms with E-state index >= 15 is 0 Å². The molecule has 4 aromatic heterocycles. The number of fused-ring (bicyclic) bond motifs is 8. The fourth-order valence-corrected chi connectivity index (χ4v) is 8.73. The molecule has 4 nitrogen and oxygen atoms in total. The molecule has 0 amide bonds. The quantitative estimate of drug-likeness (QED) is 0.189. The molecule has 0 saturated carbocycles. The van der Waals surface area contributed by atoms with Crippen LogP contribution in [0.1, 0.15) is 0 Å². The molecule has 0 radical (unpaired) electrons. The van der Waals surface area contributed by atoms with Crippen LogP contribution in [0.4, 0.5) is 0 Å². The van der Waals surface area contributed by atoms with E-state index in [2.05, 4.69) is 167 Å². The third-order valence-corrected chi connectivity index (χ3v) is 11.0. The van der Waals surface area contributed by atoms with E-state index in [1.54, 1.807) is 0 Å². The van der Waals surface area contributed by atoms with Gasteiger partial charge in [-0.05, 0) is 69.8 Å². The summed E-state index contributed by atoms with van der Waals surface area (Å²) in [6.07, 6.45) is 0. The van der Waals surface area contributed by atoms with Gasteiger partial charge in [-0.3, -0.25) is 4.57 Å². The molecule has 0 saturated heterocycles. The smallest absolute Gasteiger partial charge is 0.165 e. The first-order valence-electron chi connectivity index (χ1n) is 17.8. The topological polar surface area (TPSA) is 35.1 Å². The normalized spacial score (nSPS) is 12.2. The lowest BCUT2D eigenvalue weighted by Gasteiger charge is -2.14. The van der Waals surface area contributed by atoms with Gasteiger partial charge in [0.15, 0.2) is 5.82 Å². The van der Waals surface area contributed by atoms with E-state index < -0.39 is 0 Å². The molecular formula is C48H28N4. The molecule has 0 unspecified atom stereocenters. The van der Waals surface area contributed by atoms with Crippen LogP contribution in [0.15, 0.2) is 170 Å². The van der Waals surface area contributed by atoms with Gasteiger partial charge in [-0.2, -0.15) is 0 Å². The average molecular weight is 661 g/mol. The summed E-state index contributed by atoms with van der Waals surface area (Å²) in [4.78, 5) is 10.8. The van der Waals surface area contributed by atoms with Crippen molar-refractivity contribution < 1.29 is 0 Å². The molecule has 240 valence electrons. The Kier molecular flexibility index (Phi) is 5.47. The first kappa shape index (κ1) is 27.7. The summed E-state index contributed by atoms with van der Waals surface area (Å²) in [5.41, 5.74) is 11.9. The molecule has 0 N–H and O–H groups in total. The van der Waals surface area contributed by atoms with Gasteiger partial charge < -0.3 is 4.40 Å². The zero-order valence-electron chi connectivity index (χ0n) is 28.0. The maximum absolute atomic E-state index is 5.44. The number of hydrogen-bond donors (Lipinski definition) is 0. The van der Waals surface area contributed by atoms with Crippen LogP contribution in [0.5, 0.6) is 0 Å². The SMILES string of the molecule is c1ccc2cc(-c3ccc(-c4nc5ccccc5nc4-n4c5cccc6c7ccccc7n7c8ccccc8c8ccc4c(c65)c87)cc3)ccc2c1. The molecular weight excluding hydrogens is 633 g/mol. The lowest BCUT2D eigenvalue weighted by Crippen LogP contribution is -2.03. The van der Waals surface area contributed by atoms with Crippen molar-refractivity contribution in [1.82, 2.24) is 18.9 Å². The highest BCUT2D eigenvalue weighted by atomic mass is 15.1. The molecule has 8 aromatic carbocycles. The van der Waals surface area contributed by atoms with Crippen LogP contribution in [-0.2, 0) is 0 Å². The van der Waals surface area contributed by atoms with Gasteiger partial charge in [0.1, 0.15) is 5.69 Å². The molecule has 0 aliphatic carbocycles. The molecule has 4 heteroatoms. The minimum Gasteiger partial charge on any atom is -0.308 e. The Morgan fingerprint density at radius 2 is 0.962 bits per heavy atom. The fourth-order valence-electron chi connectivity index (χ4n) is 8.73. The van der Waals surface area contributed by atoms with E-state index in [0.717, 1.165) is 39.1 Å². The number of benzene rings is 8. The van der Waals surface area contributed by atoms with Crippen LogP contribution in [0, 0.1) is 0 Å². The summed E-state index contributed by atoms with van der Waals surface area (Å²) in [5, 5.41) is 9.92. The van der Waals surface area contributed by atoms with E-state index in [4.69, 9.17) is 9.97 Å². The van der Waals surface area contributed by atoms with Crippen molar-refractivity contribution in [2.24, 2.45) is 0 Å². The largest absolute Gasteiger partial charge is 0.308 e. The van der Waals surface area contributed by atoms with Crippen LogP contribution in [0.25, 0.3) is 110 Å². The standard InChI is InChI=1S/C48H28N4/c1-2-11-32-28-33(25-22-29(32)10-1)30-20-23-31(24-21-30)46-48(50-39-16-6-5-15-38(39)49-46)52-42-19-9-14-36-34-12-3-7-17-40(34)51-41-18-8-4-13-35(41)37-26-27-43(52)45(44(36)42)47(37)51/h1-28H. The predicted molar refractivity (Wildman–Crippen MR) is 217 cm³/mol. The second-order valence-electron chi connectivity index (χ2n) is 13.8. The van der Waals surface area contributed by atoms with Crippen molar-refractivity contribution in [3.63, 3.8) is 0 Å². The molecule has 52 heavy (non-hydrogen) atoms. The van der Waals surface area contributed by atoms with Gasteiger partial charge in [0.2, 0.25) is 0 Å². The van der Waals surface area contributed by atoms with Crippen LogP contribution >= 0.6 is 0 Å². The van der Waals surface area contributed by atoms with Gasteiger partial charge in [-0.25, -0.2) is 9.97 Å². The summed E-state index contributed by atoms with van der Waals surface area (Å²) in [5.74, 6) is 0.824. The van der Waals surface area contributed by atoms with Crippen molar-refractivity contribution in [3.05, 3.63) is 170 Å².